The molecule has 0 bridgehead atoms. The number of halogens is 2. The van der Waals surface area contributed by atoms with Crippen LogP contribution in [0.25, 0.3) is 0 Å². The van der Waals surface area contributed by atoms with Crippen LogP contribution in [0.4, 0.5) is 5.95 Å². The Morgan fingerprint density at radius 3 is 2.83 bits per heavy atom. The summed E-state index contributed by atoms with van der Waals surface area (Å²) in [4.78, 5) is 9.62. The van der Waals surface area contributed by atoms with E-state index >= 15 is 0 Å². The lowest BCUT2D eigenvalue weighted by atomic mass is 9.86. The summed E-state index contributed by atoms with van der Waals surface area (Å²) in [6.45, 7) is 0. The van der Waals surface area contributed by atoms with E-state index < -0.39 is 0 Å². The Bertz CT molecular complexity index is 597. The molecule has 1 unspecified atom stereocenters. The molecule has 94 valence electrons. The highest BCUT2D eigenvalue weighted by Gasteiger charge is 2.25. The maximum absolute atomic E-state index is 6.10. The highest BCUT2D eigenvalue weighted by molar-refractivity contribution is 7.16. The van der Waals surface area contributed by atoms with Crippen LogP contribution in [0.2, 0.25) is 9.49 Å². The zero-order chi connectivity index (χ0) is 12.7. The van der Waals surface area contributed by atoms with E-state index in [9.17, 15) is 0 Å². The van der Waals surface area contributed by atoms with Crippen molar-refractivity contribution < 1.29 is 0 Å². The fraction of sp³-hybridized carbons (Fsp3) is 0.333. The normalized spacial score (nSPS) is 18.7. The summed E-state index contributed by atoms with van der Waals surface area (Å²) in [6.07, 6.45) is 2.81. The van der Waals surface area contributed by atoms with Crippen molar-refractivity contribution in [1.82, 2.24) is 9.97 Å². The van der Waals surface area contributed by atoms with Gasteiger partial charge in [0.1, 0.15) is 5.15 Å². The van der Waals surface area contributed by atoms with E-state index in [-0.39, 0.29) is 5.95 Å². The van der Waals surface area contributed by atoms with Gasteiger partial charge >= 0.3 is 0 Å². The third kappa shape index (κ3) is 2.20. The standard InChI is InChI=1S/C12H11Cl2N3S/c13-10-4-3-9(18-10)6-1-2-7-8(5-6)16-12(15)17-11(7)14/h3-4,6H,1-2,5H2,(H2,15,16,17). The molecule has 0 amide bonds. The van der Waals surface area contributed by atoms with Crippen LogP contribution in [0.5, 0.6) is 0 Å². The molecular formula is C12H11Cl2N3S. The lowest BCUT2D eigenvalue weighted by molar-refractivity contribution is 0.579. The van der Waals surface area contributed by atoms with E-state index in [2.05, 4.69) is 16.0 Å². The summed E-state index contributed by atoms with van der Waals surface area (Å²) >= 11 is 13.7. The van der Waals surface area contributed by atoms with Crippen molar-refractivity contribution in [3.05, 3.63) is 37.8 Å². The van der Waals surface area contributed by atoms with Gasteiger partial charge in [-0.05, 0) is 37.3 Å². The second-order valence-electron chi connectivity index (χ2n) is 4.38. The number of thiophene rings is 1. The number of nitrogen functional groups attached to an aromatic ring is 1. The second-order valence-corrected chi connectivity index (χ2v) is 6.48. The zero-order valence-corrected chi connectivity index (χ0v) is 11.8. The van der Waals surface area contributed by atoms with E-state index in [1.807, 2.05) is 6.07 Å². The molecular weight excluding hydrogens is 289 g/mol. The fourth-order valence-corrected chi connectivity index (χ4v) is 3.86. The third-order valence-electron chi connectivity index (χ3n) is 3.24. The van der Waals surface area contributed by atoms with Crippen molar-refractivity contribution in [2.45, 2.75) is 25.2 Å². The summed E-state index contributed by atoms with van der Waals surface area (Å²) in [5.41, 5.74) is 7.67. The van der Waals surface area contributed by atoms with Crippen LogP contribution in [-0.2, 0) is 12.8 Å². The minimum absolute atomic E-state index is 0.253. The zero-order valence-electron chi connectivity index (χ0n) is 9.49. The number of rotatable bonds is 1. The van der Waals surface area contributed by atoms with Crippen LogP contribution >= 0.6 is 34.5 Å². The average Bonchev–Trinajstić information content (AvgIpc) is 2.75. The number of hydrogen-bond acceptors (Lipinski definition) is 4. The van der Waals surface area contributed by atoms with Crippen LogP contribution in [0.15, 0.2) is 12.1 Å². The number of fused-ring (bicyclic) bond motifs is 1. The maximum atomic E-state index is 6.10. The average molecular weight is 300 g/mol. The van der Waals surface area contributed by atoms with Crippen molar-refractivity contribution in [3.63, 3.8) is 0 Å². The first kappa shape index (κ1) is 12.2. The van der Waals surface area contributed by atoms with E-state index in [4.69, 9.17) is 28.9 Å². The summed E-state index contributed by atoms with van der Waals surface area (Å²) in [6, 6.07) is 4.03. The molecule has 1 aliphatic rings. The topological polar surface area (TPSA) is 51.8 Å². The molecule has 2 aromatic rings. The molecule has 3 rings (SSSR count). The summed E-state index contributed by atoms with van der Waals surface area (Å²) < 4.78 is 0.830. The van der Waals surface area contributed by atoms with Crippen molar-refractivity contribution >= 4 is 40.5 Å². The quantitative estimate of drug-likeness (QED) is 0.817. The molecule has 1 aliphatic carbocycles. The molecule has 0 saturated carbocycles. The lowest BCUT2D eigenvalue weighted by Gasteiger charge is -2.23. The smallest absolute Gasteiger partial charge is 0.221 e. The van der Waals surface area contributed by atoms with Gasteiger partial charge in [0, 0.05) is 10.4 Å². The molecule has 2 heterocycles. The lowest BCUT2D eigenvalue weighted by Crippen LogP contribution is -2.16. The molecule has 0 saturated heterocycles. The highest BCUT2D eigenvalue weighted by atomic mass is 35.5. The van der Waals surface area contributed by atoms with Crippen LogP contribution in [-0.4, -0.2) is 9.97 Å². The molecule has 6 heteroatoms. The number of anilines is 1. The Morgan fingerprint density at radius 2 is 2.11 bits per heavy atom. The number of hydrogen-bond donors (Lipinski definition) is 1. The van der Waals surface area contributed by atoms with E-state index in [1.54, 1.807) is 11.3 Å². The Labute approximate surface area is 119 Å². The molecule has 18 heavy (non-hydrogen) atoms. The van der Waals surface area contributed by atoms with E-state index in [1.165, 1.54) is 4.88 Å². The van der Waals surface area contributed by atoms with Gasteiger partial charge in [-0.25, -0.2) is 9.97 Å². The largest absolute Gasteiger partial charge is 0.368 e. The third-order valence-corrected chi connectivity index (χ3v) is 4.94. The summed E-state index contributed by atoms with van der Waals surface area (Å²) in [7, 11) is 0. The molecule has 0 fully saturated rings. The molecule has 1 atom stereocenters. The molecule has 0 aliphatic heterocycles. The van der Waals surface area contributed by atoms with E-state index in [0.717, 1.165) is 34.9 Å². The van der Waals surface area contributed by atoms with Gasteiger partial charge in [0.2, 0.25) is 5.95 Å². The fourth-order valence-electron chi connectivity index (χ4n) is 2.38. The van der Waals surface area contributed by atoms with Gasteiger partial charge in [0.05, 0.1) is 10.0 Å². The first-order valence-corrected chi connectivity index (χ1v) is 7.26. The first-order valence-electron chi connectivity index (χ1n) is 5.69. The number of nitrogens with zero attached hydrogens (tertiary/aromatic N) is 2. The van der Waals surface area contributed by atoms with Gasteiger partial charge in [-0.15, -0.1) is 11.3 Å². The Morgan fingerprint density at radius 1 is 1.28 bits per heavy atom. The Kier molecular flexibility index (Phi) is 3.18. The second kappa shape index (κ2) is 4.68. The van der Waals surface area contributed by atoms with Crippen molar-refractivity contribution in [3.8, 4) is 0 Å². The van der Waals surface area contributed by atoms with Gasteiger partial charge in [0.25, 0.3) is 0 Å². The minimum Gasteiger partial charge on any atom is -0.368 e. The number of nitrogens with two attached hydrogens (primary N) is 1. The van der Waals surface area contributed by atoms with Gasteiger partial charge < -0.3 is 5.73 Å². The monoisotopic (exact) mass is 299 g/mol. The maximum Gasteiger partial charge on any atom is 0.221 e. The van der Waals surface area contributed by atoms with E-state index in [0.29, 0.717) is 11.1 Å². The summed E-state index contributed by atoms with van der Waals surface area (Å²) in [5, 5.41) is 0.500. The predicted molar refractivity (Wildman–Crippen MR) is 75.5 cm³/mol. The van der Waals surface area contributed by atoms with Crippen molar-refractivity contribution in [1.29, 1.82) is 0 Å². The van der Waals surface area contributed by atoms with Crippen LogP contribution in [0, 0.1) is 0 Å². The number of aromatic nitrogens is 2. The first-order chi connectivity index (χ1) is 8.63. The van der Waals surface area contributed by atoms with Crippen molar-refractivity contribution in [2.75, 3.05) is 5.73 Å². The van der Waals surface area contributed by atoms with Crippen LogP contribution < -0.4 is 5.73 Å². The Balaban J connectivity index is 1.93. The molecule has 2 N–H and O–H groups in total. The van der Waals surface area contributed by atoms with Gasteiger partial charge in [-0.2, -0.15) is 0 Å². The van der Waals surface area contributed by atoms with Crippen LogP contribution in [0.3, 0.4) is 0 Å². The van der Waals surface area contributed by atoms with Gasteiger partial charge in [0.15, 0.2) is 0 Å². The molecule has 0 radical (unpaired) electrons. The van der Waals surface area contributed by atoms with Crippen molar-refractivity contribution in [2.24, 2.45) is 0 Å². The molecule has 0 spiro atoms. The van der Waals surface area contributed by atoms with Gasteiger partial charge in [-0.1, -0.05) is 23.2 Å². The highest BCUT2D eigenvalue weighted by Crippen LogP contribution is 2.38. The predicted octanol–water partition coefficient (Wildman–Crippen LogP) is 3.70. The minimum atomic E-state index is 0.253. The molecule has 2 aromatic heterocycles. The van der Waals surface area contributed by atoms with Gasteiger partial charge in [-0.3, -0.25) is 0 Å². The summed E-state index contributed by atoms with van der Waals surface area (Å²) in [5.74, 6) is 0.712. The molecule has 0 aromatic carbocycles. The Hall–Kier alpha value is -0.840. The van der Waals surface area contributed by atoms with Crippen LogP contribution in [0.1, 0.15) is 28.5 Å². The SMILES string of the molecule is Nc1nc(Cl)c2c(n1)CC(c1ccc(Cl)s1)CC2. The molecule has 3 nitrogen and oxygen atoms in total.